The molecule has 12 heteroatoms. The van der Waals surface area contributed by atoms with Crippen molar-refractivity contribution in [2.75, 3.05) is 0 Å². The first-order valence-electron chi connectivity index (χ1n) is 8.00. The lowest BCUT2D eigenvalue weighted by molar-refractivity contribution is -0.161. The highest BCUT2D eigenvalue weighted by Crippen LogP contribution is 2.48. The van der Waals surface area contributed by atoms with E-state index in [2.05, 4.69) is 0 Å². The summed E-state index contributed by atoms with van der Waals surface area (Å²) < 4.78 is 0.687. The van der Waals surface area contributed by atoms with Crippen LogP contribution in [0, 0.1) is 0 Å². The van der Waals surface area contributed by atoms with Crippen molar-refractivity contribution in [1.82, 2.24) is 9.88 Å². The molecule has 4 rings (SSSR count). The monoisotopic (exact) mass is 374 g/mol. The normalized spacial score (nSPS) is 22.1. The van der Waals surface area contributed by atoms with Crippen LogP contribution in [0.25, 0.3) is 16.2 Å². The molecule has 9 nitrogen and oxygen atoms in total. The van der Waals surface area contributed by atoms with Gasteiger partial charge in [-0.3, -0.25) is 24.3 Å². The van der Waals surface area contributed by atoms with E-state index >= 15 is 0 Å². The van der Waals surface area contributed by atoms with Crippen LogP contribution >= 0.6 is 0 Å². The molecule has 5 N–H and O–H groups in total. The average molecular weight is 374 g/mol. The number of rotatable bonds is 1. The number of ketones is 1. The summed E-state index contributed by atoms with van der Waals surface area (Å²) in [6, 6.07) is 0. The van der Waals surface area contributed by atoms with Gasteiger partial charge in [0.15, 0.2) is 17.3 Å². The number of hydrogen-bond acceptors (Lipinski definition) is 7. The third-order valence-electron chi connectivity index (χ3n) is 5.09. The SMILES string of the molecule is [B]C1=C([B])c2c3c(c(O)c(O)c([B])c3c(O)n2C2(O)CCC(=O)NC2=O)C1=O. The number of phenolic OH excluding ortho intramolecular Hbond substituents is 2. The number of carbonyl (C=O) groups is 3. The Hall–Kier alpha value is -3.14. The van der Waals surface area contributed by atoms with Crippen LogP contribution < -0.4 is 10.8 Å². The smallest absolute Gasteiger partial charge is 0.280 e. The number of hydrogen-bond donors (Lipinski definition) is 5. The first-order chi connectivity index (χ1) is 13.0. The molecule has 2 aliphatic rings. The van der Waals surface area contributed by atoms with Gasteiger partial charge in [0.05, 0.1) is 5.56 Å². The van der Waals surface area contributed by atoms with Gasteiger partial charge in [0.1, 0.15) is 23.5 Å². The Bertz CT molecular complexity index is 1180. The minimum absolute atomic E-state index is 0.194. The van der Waals surface area contributed by atoms with Crippen molar-refractivity contribution in [3.05, 3.63) is 16.7 Å². The molecule has 1 fully saturated rings. The van der Waals surface area contributed by atoms with E-state index in [-0.39, 0.29) is 28.4 Å². The molecular formula is C16H9B3N2O7. The Morgan fingerprint density at radius 1 is 0.964 bits per heavy atom. The zero-order valence-electron chi connectivity index (χ0n) is 14.1. The first kappa shape index (κ1) is 18.2. The number of aromatic hydroxyl groups is 3. The highest BCUT2D eigenvalue weighted by Gasteiger charge is 2.47. The van der Waals surface area contributed by atoms with E-state index in [9.17, 15) is 34.8 Å². The van der Waals surface area contributed by atoms with Gasteiger partial charge >= 0.3 is 0 Å². The minimum Gasteiger partial charge on any atom is -0.505 e. The number of carbonyl (C=O) groups excluding carboxylic acids is 3. The van der Waals surface area contributed by atoms with Crippen LogP contribution in [0.3, 0.4) is 0 Å². The molecule has 1 aliphatic carbocycles. The Balaban J connectivity index is 2.22. The number of aromatic nitrogens is 1. The summed E-state index contributed by atoms with van der Waals surface area (Å²) in [5.41, 5.74) is -4.66. The van der Waals surface area contributed by atoms with Crippen LogP contribution in [0.4, 0.5) is 0 Å². The fourth-order valence-electron chi connectivity index (χ4n) is 3.67. The summed E-state index contributed by atoms with van der Waals surface area (Å²) >= 11 is 0. The standard InChI is InChI=1S/C16H9B3N2O7/c17-7-5-4-6(12(24)13(7)25)11(23)9(19)8(18)10(4)21(14(5)26)16(28)2-1-3(22)20-15(16)27/h24-26,28H,1-2H2,(H,20,22,27). The third-order valence-corrected chi connectivity index (χ3v) is 5.09. The van der Waals surface area contributed by atoms with Gasteiger partial charge in [0.25, 0.3) is 5.91 Å². The summed E-state index contributed by atoms with van der Waals surface area (Å²) in [4.78, 5) is 36.4. The molecule has 2 amide bonds. The van der Waals surface area contributed by atoms with Crippen LogP contribution in [-0.4, -0.2) is 66.1 Å². The lowest BCUT2D eigenvalue weighted by atomic mass is 9.69. The molecule has 0 spiro atoms. The van der Waals surface area contributed by atoms with Gasteiger partial charge < -0.3 is 20.4 Å². The van der Waals surface area contributed by atoms with E-state index in [0.29, 0.717) is 4.57 Å². The maximum absolute atomic E-state index is 12.5. The Kier molecular flexibility index (Phi) is 3.55. The Morgan fingerprint density at radius 3 is 2.21 bits per heavy atom. The van der Waals surface area contributed by atoms with Gasteiger partial charge in [-0.1, -0.05) is 10.9 Å². The highest BCUT2D eigenvalue weighted by atomic mass is 16.3. The van der Waals surface area contributed by atoms with E-state index in [1.54, 1.807) is 0 Å². The van der Waals surface area contributed by atoms with Crippen molar-refractivity contribution in [2.24, 2.45) is 0 Å². The molecule has 6 radical (unpaired) electrons. The summed E-state index contributed by atoms with van der Waals surface area (Å²) in [5, 5.41) is 43.5. The number of imide groups is 1. The summed E-state index contributed by atoms with van der Waals surface area (Å²) in [6.07, 6.45) is -0.680. The second-order valence-electron chi connectivity index (χ2n) is 6.59. The second-order valence-corrected chi connectivity index (χ2v) is 6.59. The van der Waals surface area contributed by atoms with E-state index in [0.717, 1.165) is 0 Å². The van der Waals surface area contributed by atoms with E-state index in [1.807, 2.05) is 5.32 Å². The van der Waals surface area contributed by atoms with Gasteiger partial charge in [-0.05, 0) is 5.46 Å². The van der Waals surface area contributed by atoms with E-state index in [4.69, 9.17) is 23.5 Å². The van der Waals surface area contributed by atoms with Crippen LogP contribution in [-0.2, 0) is 15.3 Å². The predicted molar refractivity (Wildman–Crippen MR) is 97.7 cm³/mol. The van der Waals surface area contributed by atoms with Crippen molar-refractivity contribution in [1.29, 1.82) is 0 Å². The van der Waals surface area contributed by atoms with Crippen molar-refractivity contribution in [3.63, 3.8) is 0 Å². The maximum Gasteiger partial charge on any atom is 0.280 e. The number of benzene rings is 1. The number of allylic oxidation sites excluding steroid dienone is 1. The molecular weight excluding hydrogens is 365 g/mol. The maximum atomic E-state index is 12.5. The molecule has 1 aliphatic heterocycles. The zero-order chi connectivity index (χ0) is 20.7. The summed E-state index contributed by atoms with van der Waals surface area (Å²) in [7, 11) is 17.4. The Morgan fingerprint density at radius 2 is 1.61 bits per heavy atom. The van der Waals surface area contributed by atoms with Gasteiger partial charge in [0, 0.05) is 29.3 Å². The van der Waals surface area contributed by atoms with Crippen LogP contribution in [0.2, 0.25) is 0 Å². The average Bonchev–Trinajstić information content (AvgIpc) is 2.95. The molecule has 1 aromatic heterocycles. The van der Waals surface area contributed by atoms with Gasteiger partial charge in [-0.25, -0.2) is 0 Å². The lowest BCUT2D eigenvalue weighted by Gasteiger charge is -2.34. The fraction of sp³-hybridized carbons (Fsp3) is 0.188. The molecule has 1 atom stereocenters. The molecule has 0 saturated carbocycles. The number of aliphatic hydroxyl groups is 1. The third kappa shape index (κ3) is 1.95. The molecule has 0 bridgehead atoms. The van der Waals surface area contributed by atoms with Crippen LogP contribution in [0.15, 0.2) is 5.47 Å². The quantitative estimate of drug-likeness (QED) is 0.217. The second kappa shape index (κ2) is 5.45. The van der Waals surface area contributed by atoms with Crippen LogP contribution in [0.5, 0.6) is 17.4 Å². The fourth-order valence-corrected chi connectivity index (χ4v) is 3.67. The molecule has 134 valence electrons. The molecule has 28 heavy (non-hydrogen) atoms. The number of nitrogens with one attached hydrogen (secondary N) is 1. The van der Waals surface area contributed by atoms with Crippen LogP contribution in [0.1, 0.15) is 28.9 Å². The molecule has 1 aromatic carbocycles. The Labute approximate surface area is 160 Å². The zero-order valence-corrected chi connectivity index (χ0v) is 14.1. The minimum atomic E-state index is -2.48. The van der Waals surface area contributed by atoms with Crippen molar-refractivity contribution < 1.29 is 34.8 Å². The van der Waals surface area contributed by atoms with E-state index in [1.165, 1.54) is 0 Å². The van der Waals surface area contributed by atoms with Gasteiger partial charge in [0.2, 0.25) is 17.5 Å². The topological polar surface area (TPSA) is 149 Å². The molecule has 2 heterocycles. The number of Topliss-reactive ketones (excluding diaryl/α,β-unsaturated/α-hetero) is 1. The number of amides is 2. The van der Waals surface area contributed by atoms with Gasteiger partial charge in [-0.2, -0.15) is 0 Å². The van der Waals surface area contributed by atoms with E-state index < -0.39 is 63.6 Å². The van der Waals surface area contributed by atoms with Crippen molar-refractivity contribution >= 4 is 62.8 Å². The summed E-state index contributed by atoms with van der Waals surface area (Å²) in [5.74, 6) is -5.30. The van der Waals surface area contributed by atoms with Crippen molar-refractivity contribution in [2.45, 2.75) is 18.6 Å². The number of nitrogens with zero attached hydrogens (tertiary/aromatic N) is 1. The predicted octanol–water partition coefficient (Wildman–Crippen LogP) is -2.16. The number of phenols is 2. The number of piperidine rings is 1. The highest BCUT2D eigenvalue weighted by molar-refractivity contribution is 6.59. The lowest BCUT2D eigenvalue weighted by Crippen LogP contribution is -2.55. The van der Waals surface area contributed by atoms with Gasteiger partial charge in [-0.15, -0.1) is 0 Å². The largest absolute Gasteiger partial charge is 0.505 e. The molecule has 1 saturated heterocycles. The van der Waals surface area contributed by atoms with Crippen molar-refractivity contribution in [3.8, 4) is 17.4 Å². The molecule has 1 unspecified atom stereocenters. The summed E-state index contributed by atoms with van der Waals surface area (Å²) in [6.45, 7) is 0. The first-order valence-corrected chi connectivity index (χ1v) is 8.00. The molecule has 2 aromatic rings.